The summed E-state index contributed by atoms with van der Waals surface area (Å²) in [6.07, 6.45) is 18.1. The Morgan fingerprint density at radius 3 is 2.86 bits per heavy atom. The minimum Gasteiger partial charge on any atom is -0.399 e. The molecule has 0 saturated carbocycles. The zero-order chi connectivity index (χ0) is 14.8. The highest BCUT2D eigenvalue weighted by Gasteiger charge is 2.26. The van der Waals surface area contributed by atoms with Crippen LogP contribution in [0.2, 0.25) is 0 Å². The highest BCUT2D eigenvalue weighted by Crippen LogP contribution is 2.31. The van der Waals surface area contributed by atoms with E-state index in [9.17, 15) is 0 Å². The molecule has 0 aliphatic heterocycles. The molecule has 0 fully saturated rings. The van der Waals surface area contributed by atoms with Gasteiger partial charge in [0.05, 0.1) is 0 Å². The monoisotopic (exact) mass is 282 g/mol. The molecule has 21 heavy (non-hydrogen) atoms. The minimum absolute atomic E-state index is 0.372. The van der Waals surface area contributed by atoms with E-state index in [1.807, 2.05) is 0 Å². The molecule has 0 heterocycles. The third-order valence-corrected chi connectivity index (χ3v) is 4.90. The number of allylic oxidation sites excluding steroid dienone is 6. The molecule has 3 rings (SSSR count). The summed E-state index contributed by atoms with van der Waals surface area (Å²) in [6.45, 7) is 4.46. The van der Waals surface area contributed by atoms with Crippen LogP contribution in [0, 0.1) is 5.92 Å². The molecule has 3 N–H and O–H groups in total. The van der Waals surface area contributed by atoms with E-state index >= 15 is 0 Å². The minimum atomic E-state index is 0.372. The quantitative estimate of drug-likeness (QED) is 0.827. The van der Waals surface area contributed by atoms with Gasteiger partial charge in [0, 0.05) is 17.8 Å². The Bertz CT molecular complexity index is 560. The molecule has 2 nitrogen and oxygen atoms in total. The summed E-state index contributed by atoms with van der Waals surface area (Å²) in [4.78, 5) is 0. The third-order valence-electron chi connectivity index (χ3n) is 4.90. The van der Waals surface area contributed by atoms with Gasteiger partial charge in [-0.05, 0) is 56.6 Å². The van der Waals surface area contributed by atoms with E-state index in [4.69, 9.17) is 5.73 Å². The molecule has 0 aromatic rings. The van der Waals surface area contributed by atoms with Crippen LogP contribution in [0.1, 0.15) is 39.5 Å². The van der Waals surface area contributed by atoms with Crippen LogP contribution in [0.25, 0.3) is 0 Å². The van der Waals surface area contributed by atoms with Crippen molar-refractivity contribution in [1.82, 2.24) is 5.32 Å². The maximum absolute atomic E-state index is 6.26. The van der Waals surface area contributed by atoms with E-state index in [2.05, 4.69) is 55.6 Å². The highest BCUT2D eigenvalue weighted by atomic mass is 15.0. The summed E-state index contributed by atoms with van der Waals surface area (Å²) in [5.74, 6) is 0.581. The SMILES string of the molecule is CC1=CCC(C(C)NC2CC=CC3=C2C(N)=CCC3)C=C1. The number of nitrogens with one attached hydrogen (secondary N) is 1. The maximum atomic E-state index is 6.26. The second-order valence-corrected chi connectivity index (χ2v) is 6.49. The number of hydrogen-bond acceptors (Lipinski definition) is 2. The van der Waals surface area contributed by atoms with Gasteiger partial charge in [-0.1, -0.05) is 42.0 Å². The van der Waals surface area contributed by atoms with Crippen LogP contribution in [0.15, 0.2) is 58.9 Å². The summed E-state index contributed by atoms with van der Waals surface area (Å²) < 4.78 is 0. The van der Waals surface area contributed by atoms with E-state index in [1.165, 1.54) is 16.7 Å². The average molecular weight is 282 g/mol. The lowest BCUT2D eigenvalue weighted by Gasteiger charge is -2.33. The van der Waals surface area contributed by atoms with E-state index in [0.717, 1.165) is 31.4 Å². The summed E-state index contributed by atoms with van der Waals surface area (Å²) in [6, 6.07) is 0.836. The standard InChI is InChI=1S/C19H26N2/c1-13-9-11-15(12-10-13)14(2)21-18-8-4-6-16-5-3-7-17(20)19(16)18/h4,6-7,9-11,14-15,18,21H,3,5,8,12,20H2,1-2H3. The Balaban J connectivity index is 1.70. The van der Waals surface area contributed by atoms with Gasteiger partial charge in [0.1, 0.15) is 0 Å². The third kappa shape index (κ3) is 3.06. The van der Waals surface area contributed by atoms with Crippen molar-refractivity contribution in [3.05, 3.63) is 58.9 Å². The molecule has 0 saturated heterocycles. The van der Waals surface area contributed by atoms with Crippen LogP contribution >= 0.6 is 0 Å². The first kappa shape index (κ1) is 14.4. The molecule has 0 amide bonds. The summed E-state index contributed by atoms with van der Waals surface area (Å²) in [7, 11) is 0. The van der Waals surface area contributed by atoms with Gasteiger partial charge < -0.3 is 11.1 Å². The molecule has 0 aromatic carbocycles. The Morgan fingerprint density at radius 2 is 2.10 bits per heavy atom. The first-order chi connectivity index (χ1) is 10.1. The molecule has 3 aliphatic rings. The fourth-order valence-electron chi connectivity index (χ4n) is 3.58. The van der Waals surface area contributed by atoms with Gasteiger partial charge in [-0.25, -0.2) is 0 Å². The van der Waals surface area contributed by atoms with E-state index in [1.54, 1.807) is 0 Å². The zero-order valence-electron chi connectivity index (χ0n) is 13.1. The van der Waals surface area contributed by atoms with Gasteiger partial charge in [-0.15, -0.1) is 0 Å². The van der Waals surface area contributed by atoms with Gasteiger partial charge in [0.15, 0.2) is 0 Å². The Morgan fingerprint density at radius 1 is 1.24 bits per heavy atom. The fraction of sp³-hybridized carbons (Fsp3) is 0.474. The van der Waals surface area contributed by atoms with Crippen LogP contribution < -0.4 is 11.1 Å². The van der Waals surface area contributed by atoms with E-state index < -0.39 is 0 Å². The number of rotatable bonds is 3. The van der Waals surface area contributed by atoms with Gasteiger partial charge in [0.25, 0.3) is 0 Å². The average Bonchev–Trinajstić information content (AvgIpc) is 2.48. The predicted octanol–water partition coefficient (Wildman–Crippen LogP) is 3.75. The summed E-state index contributed by atoms with van der Waals surface area (Å²) in [5, 5.41) is 3.82. The van der Waals surface area contributed by atoms with Crippen molar-refractivity contribution in [2.75, 3.05) is 0 Å². The van der Waals surface area contributed by atoms with Crippen LogP contribution in [0.4, 0.5) is 0 Å². The molecule has 112 valence electrons. The predicted molar refractivity (Wildman–Crippen MR) is 89.7 cm³/mol. The zero-order valence-corrected chi connectivity index (χ0v) is 13.1. The number of hydrogen-bond donors (Lipinski definition) is 2. The normalized spacial score (nSPS) is 29.8. The van der Waals surface area contributed by atoms with E-state index in [-0.39, 0.29) is 0 Å². The van der Waals surface area contributed by atoms with Crippen molar-refractivity contribution in [1.29, 1.82) is 0 Å². The topological polar surface area (TPSA) is 38.0 Å². The lowest BCUT2D eigenvalue weighted by atomic mass is 9.83. The van der Waals surface area contributed by atoms with Gasteiger partial charge in [-0.2, -0.15) is 0 Å². The van der Waals surface area contributed by atoms with Crippen molar-refractivity contribution in [2.24, 2.45) is 11.7 Å². The first-order valence-corrected chi connectivity index (χ1v) is 8.11. The number of nitrogens with two attached hydrogens (primary N) is 1. The lowest BCUT2D eigenvalue weighted by Crippen LogP contribution is -2.43. The molecular weight excluding hydrogens is 256 g/mol. The van der Waals surface area contributed by atoms with Gasteiger partial charge >= 0.3 is 0 Å². The van der Waals surface area contributed by atoms with Crippen LogP contribution in [-0.2, 0) is 0 Å². The largest absolute Gasteiger partial charge is 0.399 e. The van der Waals surface area contributed by atoms with Crippen LogP contribution in [-0.4, -0.2) is 12.1 Å². The molecule has 0 bridgehead atoms. The van der Waals surface area contributed by atoms with Crippen molar-refractivity contribution >= 4 is 0 Å². The molecule has 2 heteroatoms. The van der Waals surface area contributed by atoms with Crippen molar-refractivity contribution in [2.45, 2.75) is 51.6 Å². The van der Waals surface area contributed by atoms with Gasteiger partial charge in [-0.3, -0.25) is 0 Å². The second-order valence-electron chi connectivity index (χ2n) is 6.49. The molecule has 3 aliphatic carbocycles. The van der Waals surface area contributed by atoms with E-state index in [0.29, 0.717) is 18.0 Å². The molecule has 0 aromatic heterocycles. The summed E-state index contributed by atoms with van der Waals surface area (Å²) in [5.41, 5.74) is 11.4. The molecule has 3 atom stereocenters. The molecule has 0 radical (unpaired) electrons. The molecule has 3 unspecified atom stereocenters. The lowest BCUT2D eigenvalue weighted by molar-refractivity contribution is 0.397. The second kappa shape index (κ2) is 6.07. The van der Waals surface area contributed by atoms with Gasteiger partial charge in [0.2, 0.25) is 0 Å². The Kier molecular flexibility index (Phi) is 4.16. The van der Waals surface area contributed by atoms with Crippen LogP contribution in [0.3, 0.4) is 0 Å². The maximum Gasteiger partial charge on any atom is 0.0380 e. The molecule has 0 spiro atoms. The Labute approximate surface area is 128 Å². The first-order valence-electron chi connectivity index (χ1n) is 8.11. The van der Waals surface area contributed by atoms with Crippen LogP contribution in [0.5, 0.6) is 0 Å². The van der Waals surface area contributed by atoms with Crippen molar-refractivity contribution in [3.63, 3.8) is 0 Å². The fourth-order valence-corrected chi connectivity index (χ4v) is 3.58. The Hall–Kier alpha value is -1.54. The van der Waals surface area contributed by atoms with Crippen molar-refractivity contribution < 1.29 is 0 Å². The smallest absolute Gasteiger partial charge is 0.0380 e. The summed E-state index contributed by atoms with van der Waals surface area (Å²) >= 11 is 0. The highest BCUT2D eigenvalue weighted by molar-refractivity contribution is 5.47. The van der Waals surface area contributed by atoms with Crippen molar-refractivity contribution in [3.8, 4) is 0 Å². The molecular formula is C19H26N2.